The summed E-state index contributed by atoms with van der Waals surface area (Å²) in [5.41, 5.74) is 3.68. The molecule has 6 heteroatoms. The lowest BCUT2D eigenvalue weighted by atomic mass is 9.73. The van der Waals surface area contributed by atoms with E-state index in [0.29, 0.717) is 25.9 Å². The number of hydrogen-bond donors (Lipinski definition) is 1. The smallest absolute Gasteiger partial charge is 0.248 e. The van der Waals surface area contributed by atoms with Crippen LogP contribution in [0, 0.1) is 0 Å². The maximum Gasteiger partial charge on any atom is 0.248 e. The number of pyridine rings is 1. The summed E-state index contributed by atoms with van der Waals surface area (Å²) < 4.78 is 0. The molecular formula is C26H25N3O3. The molecule has 1 N–H and O–H groups in total. The second-order valence-corrected chi connectivity index (χ2v) is 8.72. The first kappa shape index (κ1) is 20.2. The summed E-state index contributed by atoms with van der Waals surface area (Å²) in [5.74, 6) is -0.0890. The summed E-state index contributed by atoms with van der Waals surface area (Å²) in [6, 6.07) is 19.3. The van der Waals surface area contributed by atoms with E-state index in [1.54, 1.807) is 24.2 Å². The third-order valence-corrected chi connectivity index (χ3v) is 6.77. The van der Waals surface area contributed by atoms with Gasteiger partial charge in [0.15, 0.2) is 0 Å². The Kier molecular flexibility index (Phi) is 4.93. The van der Waals surface area contributed by atoms with Crippen molar-refractivity contribution >= 4 is 17.5 Å². The number of amides is 2. The number of carbonyl (C=O) groups is 2. The number of anilines is 1. The molecule has 0 aliphatic carbocycles. The number of para-hydroxylation sites is 1. The van der Waals surface area contributed by atoms with Crippen molar-refractivity contribution in [1.82, 2.24) is 9.88 Å². The van der Waals surface area contributed by atoms with Crippen LogP contribution < -0.4 is 10.5 Å². The standard InChI is InChI=1S/C26H25N3O3/c1-28-22-10-6-5-9-21(22)26(25(28)32,14-18-7-3-2-4-8-18)15-24(31)29-12-11-19-13-23(30)27-16-20(19)17-29/h2-10,13,16H,11-12,14-15,17H2,1H3,(H,27,30). The average Bonchev–Trinajstić information content (AvgIpc) is 3.01. The van der Waals surface area contributed by atoms with Gasteiger partial charge in [-0.05, 0) is 41.2 Å². The number of likely N-dealkylation sites (N-methyl/N-ethyl adjacent to an activating group) is 1. The van der Waals surface area contributed by atoms with E-state index >= 15 is 0 Å². The molecule has 0 saturated heterocycles. The molecule has 2 aromatic carbocycles. The van der Waals surface area contributed by atoms with Gasteiger partial charge in [0, 0.05) is 44.5 Å². The lowest BCUT2D eigenvalue weighted by molar-refractivity contribution is -0.137. The quantitative estimate of drug-likeness (QED) is 0.696. The molecule has 6 nitrogen and oxygen atoms in total. The Morgan fingerprint density at radius 3 is 2.59 bits per heavy atom. The molecule has 3 aromatic rings. The van der Waals surface area contributed by atoms with Crippen LogP contribution in [0.5, 0.6) is 0 Å². The summed E-state index contributed by atoms with van der Waals surface area (Å²) >= 11 is 0. The number of aromatic amines is 1. The van der Waals surface area contributed by atoms with E-state index < -0.39 is 5.41 Å². The van der Waals surface area contributed by atoms with E-state index in [4.69, 9.17) is 0 Å². The highest BCUT2D eigenvalue weighted by Crippen LogP contribution is 2.46. The minimum absolute atomic E-state index is 0.0438. The van der Waals surface area contributed by atoms with Gasteiger partial charge in [0.25, 0.3) is 0 Å². The van der Waals surface area contributed by atoms with Crippen LogP contribution in [-0.2, 0) is 34.4 Å². The van der Waals surface area contributed by atoms with E-state index in [-0.39, 0.29) is 23.8 Å². The normalized spacial score (nSPS) is 19.6. The molecule has 0 saturated carbocycles. The van der Waals surface area contributed by atoms with Crippen molar-refractivity contribution in [1.29, 1.82) is 0 Å². The zero-order valence-electron chi connectivity index (χ0n) is 18.0. The second kappa shape index (κ2) is 7.79. The Balaban J connectivity index is 1.50. The molecule has 162 valence electrons. The maximum absolute atomic E-state index is 13.7. The third-order valence-electron chi connectivity index (χ3n) is 6.77. The molecule has 1 atom stereocenters. The highest BCUT2D eigenvalue weighted by Gasteiger charge is 2.51. The minimum atomic E-state index is -0.935. The van der Waals surface area contributed by atoms with Gasteiger partial charge in [-0.2, -0.15) is 0 Å². The molecule has 3 heterocycles. The molecule has 0 radical (unpaired) electrons. The number of nitrogens with zero attached hydrogens (tertiary/aromatic N) is 2. The van der Waals surface area contributed by atoms with Crippen LogP contribution in [0.3, 0.4) is 0 Å². The van der Waals surface area contributed by atoms with Gasteiger partial charge >= 0.3 is 0 Å². The molecule has 2 aliphatic heterocycles. The van der Waals surface area contributed by atoms with Gasteiger partial charge in [-0.3, -0.25) is 14.4 Å². The van der Waals surface area contributed by atoms with Crippen LogP contribution in [0.4, 0.5) is 5.69 Å². The summed E-state index contributed by atoms with van der Waals surface area (Å²) in [5, 5.41) is 0. The molecular weight excluding hydrogens is 402 g/mol. The predicted molar refractivity (Wildman–Crippen MR) is 122 cm³/mol. The highest BCUT2D eigenvalue weighted by atomic mass is 16.2. The SMILES string of the molecule is CN1C(=O)C(CC(=O)N2CCc3cc(=O)[nH]cc3C2)(Cc2ccccc2)c2ccccc21. The van der Waals surface area contributed by atoms with E-state index in [0.717, 1.165) is 27.9 Å². The number of fused-ring (bicyclic) bond motifs is 2. The Bertz CT molecular complexity index is 1250. The summed E-state index contributed by atoms with van der Waals surface area (Å²) in [6.45, 7) is 0.987. The fraction of sp³-hybridized carbons (Fsp3) is 0.269. The van der Waals surface area contributed by atoms with E-state index in [1.807, 2.05) is 59.5 Å². The second-order valence-electron chi connectivity index (χ2n) is 8.72. The van der Waals surface area contributed by atoms with Crippen molar-refractivity contribution in [3.05, 3.63) is 99.5 Å². The zero-order valence-corrected chi connectivity index (χ0v) is 18.0. The maximum atomic E-state index is 13.7. The van der Waals surface area contributed by atoms with Gasteiger partial charge in [-0.25, -0.2) is 0 Å². The summed E-state index contributed by atoms with van der Waals surface area (Å²) in [4.78, 5) is 45.0. The Morgan fingerprint density at radius 1 is 1.03 bits per heavy atom. The topological polar surface area (TPSA) is 73.5 Å². The lowest BCUT2D eigenvalue weighted by Crippen LogP contribution is -2.46. The Hall–Kier alpha value is -3.67. The Labute approximate surface area is 186 Å². The number of benzene rings is 2. The number of rotatable bonds is 4. The number of nitrogens with one attached hydrogen (secondary N) is 1. The fourth-order valence-electron chi connectivity index (χ4n) is 5.11. The molecule has 2 amide bonds. The summed E-state index contributed by atoms with van der Waals surface area (Å²) in [6.07, 6.45) is 2.92. The van der Waals surface area contributed by atoms with Crippen LogP contribution in [0.15, 0.2) is 71.7 Å². The van der Waals surface area contributed by atoms with E-state index in [1.165, 1.54) is 0 Å². The first-order valence-electron chi connectivity index (χ1n) is 10.9. The zero-order chi connectivity index (χ0) is 22.3. The number of aromatic nitrogens is 1. The molecule has 0 fully saturated rings. The fourth-order valence-corrected chi connectivity index (χ4v) is 5.11. The molecule has 1 aromatic heterocycles. The first-order chi connectivity index (χ1) is 15.5. The van der Waals surface area contributed by atoms with Gasteiger partial charge in [-0.1, -0.05) is 48.5 Å². The van der Waals surface area contributed by atoms with Crippen LogP contribution in [0.2, 0.25) is 0 Å². The minimum Gasteiger partial charge on any atom is -0.338 e. The monoisotopic (exact) mass is 427 g/mol. The molecule has 2 aliphatic rings. The summed E-state index contributed by atoms with van der Waals surface area (Å²) in [7, 11) is 1.78. The van der Waals surface area contributed by atoms with Crippen molar-refractivity contribution in [3.8, 4) is 0 Å². The van der Waals surface area contributed by atoms with E-state index in [2.05, 4.69) is 4.98 Å². The first-order valence-corrected chi connectivity index (χ1v) is 10.9. The van der Waals surface area contributed by atoms with Crippen molar-refractivity contribution in [2.24, 2.45) is 0 Å². The van der Waals surface area contributed by atoms with Gasteiger partial charge < -0.3 is 14.8 Å². The molecule has 5 rings (SSSR count). The van der Waals surface area contributed by atoms with Crippen molar-refractivity contribution in [2.75, 3.05) is 18.5 Å². The van der Waals surface area contributed by atoms with Gasteiger partial charge in [0.1, 0.15) is 0 Å². The van der Waals surface area contributed by atoms with Crippen LogP contribution >= 0.6 is 0 Å². The van der Waals surface area contributed by atoms with Crippen molar-refractivity contribution in [3.63, 3.8) is 0 Å². The van der Waals surface area contributed by atoms with Crippen LogP contribution in [0.1, 0.15) is 28.7 Å². The molecule has 32 heavy (non-hydrogen) atoms. The van der Waals surface area contributed by atoms with Crippen LogP contribution in [-0.4, -0.2) is 35.3 Å². The molecule has 0 spiro atoms. The van der Waals surface area contributed by atoms with Gasteiger partial charge in [0.05, 0.1) is 5.41 Å². The van der Waals surface area contributed by atoms with Gasteiger partial charge in [-0.15, -0.1) is 0 Å². The number of carbonyl (C=O) groups excluding carboxylic acids is 2. The number of H-pyrrole nitrogens is 1. The number of hydrogen-bond acceptors (Lipinski definition) is 3. The van der Waals surface area contributed by atoms with Crippen LogP contribution in [0.25, 0.3) is 0 Å². The highest BCUT2D eigenvalue weighted by molar-refractivity contribution is 6.10. The predicted octanol–water partition coefficient (Wildman–Crippen LogP) is 2.81. The van der Waals surface area contributed by atoms with Crippen molar-refractivity contribution in [2.45, 2.75) is 31.2 Å². The average molecular weight is 428 g/mol. The van der Waals surface area contributed by atoms with Gasteiger partial charge in [0.2, 0.25) is 17.4 Å². The third kappa shape index (κ3) is 3.32. The lowest BCUT2D eigenvalue weighted by Gasteiger charge is -2.33. The molecule has 0 bridgehead atoms. The molecule has 1 unspecified atom stereocenters. The largest absolute Gasteiger partial charge is 0.338 e. The van der Waals surface area contributed by atoms with Crippen molar-refractivity contribution < 1.29 is 9.59 Å². The van der Waals surface area contributed by atoms with E-state index in [9.17, 15) is 14.4 Å². The Morgan fingerprint density at radius 2 is 1.78 bits per heavy atom.